The van der Waals surface area contributed by atoms with E-state index in [0.29, 0.717) is 25.6 Å². The summed E-state index contributed by atoms with van der Waals surface area (Å²) in [5.41, 5.74) is 3.24. The molecule has 0 radical (unpaired) electrons. The van der Waals surface area contributed by atoms with Gasteiger partial charge in [0.25, 0.3) is 0 Å². The number of nitrogens with zero attached hydrogens (tertiary/aromatic N) is 2. The zero-order valence-corrected chi connectivity index (χ0v) is 16.5. The topological polar surface area (TPSA) is 66.5 Å². The molecular weight excluding hydrogens is 340 g/mol. The minimum Gasteiger partial charge on any atom is -0.478 e. The van der Waals surface area contributed by atoms with Gasteiger partial charge in [-0.15, -0.1) is 0 Å². The van der Waals surface area contributed by atoms with E-state index in [-0.39, 0.29) is 6.03 Å². The Balaban J connectivity index is 1.89. The van der Waals surface area contributed by atoms with Gasteiger partial charge in [0.1, 0.15) is 0 Å². The first-order valence-corrected chi connectivity index (χ1v) is 9.55. The third-order valence-electron chi connectivity index (χ3n) is 4.42. The monoisotopic (exact) mass is 370 g/mol. The summed E-state index contributed by atoms with van der Waals surface area (Å²) in [4.78, 5) is 18.8. The van der Waals surface area contributed by atoms with Crippen LogP contribution < -0.4 is 15.4 Å². The minimum absolute atomic E-state index is 0.209. The van der Waals surface area contributed by atoms with E-state index >= 15 is 0 Å². The van der Waals surface area contributed by atoms with Crippen molar-refractivity contribution < 1.29 is 9.53 Å². The fraction of sp³-hybridized carbons (Fsp3) is 0.429. The maximum Gasteiger partial charge on any atom is 0.315 e. The number of rotatable bonds is 10. The van der Waals surface area contributed by atoms with Crippen LogP contribution in [-0.4, -0.2) is 35.6 Å². The highest BCUT2D eigenvalue weighted by atomic mass is 16.5. The van der Waals surface area contributed by atoms with Crippen molar-refractivity contribution in [1.82, 2.24) is 20.5 Å². The molecule has 2 amide bonds. The molecule has 0 spiro atoms. The van der Waals surface area contributed by atoms with Crippen LogP contribution in [0.4, 0.5) is 4.79 Å². The van der Waals surface area contributed by atoms with Crippen LogP contribution in [0.25, 0.3) is 0 Å². The van der Waals surface area contributed by atoms with E-state index in [2.05, 4.69) is 46.5 Å². The number of aromatic nitrogens is 1. The lowest BCUT2D eigenvalue weighted by molar-refractivity contribution is 0.239. The highest BCUT2D eigenvalue weighted by Crippen LogP contribution is 2.14. The Morgan fingerprint density at radius 3 is 2.26 bits per heavy atom. The van der Waals surface area contributed by atoms with Crippen molar-refractivity contribution >= 4 is 6.03 Å². The molecule has 1 heterocycles. The van der Waals surface area contributed by atoms with Crippen molar-refractivity contribution in [2.24, 2.45) is 0 Å². The Morgan fingerprint density at radius 1 is 0.963 bits per heavy atom. The second-order valence-electron chi connectivity index (χ2n) is 6.17. The average Bonchev–Trinajstić information content (AvgIpc) is 2.70. The Kier molecular flexibility index (Phi) is 8.58. The fourth-order valence-corrected chi connectivity index (χ4v) is 2.81. The van der Waals surface area contributed by atoms with Gasteiger partial charge < -0.3 is 15.4 Å². The number of urea groups is 1. The highest BCUT2D eigenvalue weighted by Gasteiger charge is 2.09. The summed E-state index contributed by atoms with van der Waals surface area (Å²) < 4.78 is 5.49. The lowest BCUT2D eigenvalue weighted by atomic mass is 10.1. The summed E-state index contributed by atoms with van der Waals surface area (Å²) in [6, 6.07) is 11.8. The van der Waals surface area contributed by atoms with Crippen LogP contribution in [0.2, 0.25) is 0 Å². The van der Waals surface area contributed by atoms with Crippen LogP contribution in [0.5, 0.6) is 5.88 Å². The number of carbonyl (C=O) groups is 1. The van der Waals surface area contributed by atoms with Gasteiger partial charge >= 0.3 is 6.03 Å². The van der Waals surface area contributed by atoms with Crippen LogP contribution in [0, 0.1) is 0 Å². The van der Waals surface area contributed by atoms with Crippen molar-refractivity contribution in [3.05, 3.63) is 59.3 Å². The van der Waals surface area contributed by atoms with E-state index in [1.54, 1.807) is 6.20 Å². The molecule has 0 unspecified atom stereocenters. The van der Waals surface area contributed by atoms with Gasteiger partial charge in [-0.2, -0.15) is 0 Å². The maximum atomic E-state index is 12.2. The van der Waals surface area contributed by atoms with Gasteiger partial charge in [0.2, 0.25) is 5.88 Å². The Bertz CT molecular complexity index is 717. The molecule has 2 N–H and O–H groups in total. The van der Waals surface area contributed by atoms with Crippen LogP contribution in [0.1, 0.15) is 37.5 Å². The quantitative estimate of drug-likeness (QED) is 0.673. The van der Waals surface area contributed by atoms with Crippen LogP contribution in [0.15, 0.2) is 42.6 Å². The number of nitrogens with one attached hydrogen (secondary N) is 2. The van der Waals surface area contributed by atoms with E-state index < -0.39 is 0 Å². The average molecular weight is 370 g/mol. The van der Waals surface area contributed by atoms with Gasteiger partial charge in [0.05, 0.1) is 6.61 Å². The number of pyridine rings is 1. The third kappa shape index (κ3) is 6.57. The van der Waals surface area contributed by atoms with Crippen molar-refractivity contribution in [3.63, 3.8) is 0 Å². The Hall–Kier alpha value is -2.60. The molecule has 1 aromatic heterocycles. The van der Waals surface area contributed by atoms with Gasteiger partial charge in [-0.25, -0.2) is 9.78 Å². The summed E-state index contributed by atoms with van der Waals surface area (Å²) >= 11 is 0. The van der Waals surface area contributed by atoms with Gasteiger partial charge in [-0.05, 0) is 37.2 Å². The summed E-state index contributed by atoms with van der Waals surface area (Å²) in [6.45, 7) is 10.5. The first kappa shape index (κ1) is 20.7. The van der Waals surface area contributed by atoms with Gasteiger partial charge in [-0.1, -0.05) is 44.2 Å². The highest BCUT2D eigenvalue weighted by molar-refractivity contribution is 5.73. The molecule has 0 saturated carbocycles. The minimum atomic E-state index is -0.209. The second-order valence-corrected chi connectivity index (χ2v) is 6.17. The third-order valence-corrected chi connectivity index (χ3v) is 4.42. The normalized spacial score (nSPS) is 10.7. The predicted molar refractivity (Wildman–Crippen MR) is 108 cm³/mol. The summed E-state index contributed by atoms with van der Waals surface area (Å²) in [5, 5.41) is 5.81. The van der Waals surface area contributed by atoms with E-state index in [0.717, 1.165) is 30.8 Å². The lowest BCUT2D eigenvalue weighted by Crippen LogP contribution is -2.35. The standard InChI is InChI=1S/C21H30N4O2/c1-4-25(5-2)16-19-11-8-7-10-17(19)14-23-21(26)24-15-18-12-9-13-22-20(18)27-6-3/h7-13H,4-6,14-16H2,1-3H3,(H2,23,24,26). The van der Waals surface area contributed by atoms with Crippen molar-refractivity contribution in [1.29, 1.82) is 0 Å². The van der Waals surface area contributed by atoms with Crippen molar-refractivity contribution in [3.8, 4) is 5.88 Å². The van der Waals surface area contributed by atoms with Crippen molar-refractivity contribution in [2.75, 3.05) is 19.7 Å². The zero-order valence-electron chi connectivity index (χ0n) is 16.5. The first-order chi connectivity index (χ1) is 13.2. The maximum absolute atomic E-state index is 12.2. The van der Waals surface area contributed by atoms with Crippen LogP contribution in [-0.2, 0) is 19.6 Å². The number of carbonyl (C=O) groups excluding carboxylic acids is 1. The molecule has 1 aromatic carbocycles. The molecule has 0 bridgehead atoms. The zero-order chi connectivity index (χ0) is 19.5. The summed E-state index contributed by atoms with van der Waals surface area (Å²) in [5.74, 6) is 0.560. The fourth-order valence-electron chi connectivity index (χ4n) is 2.81. The second kappa shape index (κ2) is 11.2. The molecule has 6 nitrogen and oxygen atoms in total. The number of ether oxygens (including phenoxy) is 1. The van der Waals surface area contributed by atoms with E-state index in [4.69, 9.17) is 4.74 Å². The molecule has 0 atom stereocenters. The Labute approximate surface area is 161 Å². The van der Waals surface area contributed by atoms with Gasteiger partial charge in [0.15, 0.2) is 0 Å². The van der Waals surface area contributed by atoms with Gasteiger partial charge in [0, 0.05) is 31.4 Å². The molecular formula is C21H30N4O2. The first-order valence-electron chi connectivity index (χ1n) is 9.55. The molecule has 0 aliphatic heterocycles. The van der Waals surface area contributed by atoms with E-state index in [1.165, 1.54) is 5.56 Å². The molecule has 0 fully saturated rings. The molecule has 27 heavy (non-hydrogen) atoms. The SMILES string of the molecule is CCOc1ncccc1CNC(=O)NCc1ccccc1CN(CC)CC. The number of benzene rings is 1. The lowest BCUT2D eigenvalue weighted by Gasteiger charge is -2.20. The summed E-state index contributed by atoms with van der Waals surface area (Å²) in [7, 11) is 0. The Morgan fingerprint density at radius 2 is 1.59 bits per heavy atom. The molecule has 2 aromatic rings. The van der Waals surface area contributed by atoms with Crippen LogP contribution in [0.3, 0.4) is 0 Å². The smallest absolute Gasteiger partial charge is 0.315 e. The van der Waals surface area contributed by atoms with E-state index in [1.807, 2.05) is 31.2 Å². The number of amides is 2. The largest absolute Gasteiger partial charge is 0.478 e. The molecule has 2 rings (SSSR count). The molecule has 146 valence electrons. The molecule has 6 heteroatoms. The molecule has 0 aliphatic rings. The number of hydrogen-bond donors (Lipinski definition) is 2. The van der Waals surface area contributed by atoms with Gasteiger partial charge in [-0.3, -0.25) is 4.90 Å². The number of hydrogen-bond acceptors (Lipinski definition) is 4. The molecule has 0 aliphatic carbocycles. The predicted octanol–water partition coefficient (Wildman–Crippen LogP) is 3.32. The summed E-state index contributed by atoms with van der Waals surface area (Å²) in [6.07, 6.45) is 1.68. The van der Waals surface area contributed by atoms with Crippen LogP contribution >= 0.6 is 0 Å². The van der Waals surface area contributed by atoms with E-state index in [9.17, 15) is 4.79 Å². The molecule has 0 saturated heterocycles. The van der Waals surface area contributed by atoms with Crippen molar-refractivity contribution in [2.45, 2.75) is 40.4 Å².